The van der Waals surface area contributed by atoms with Gasteiger partial charge in [-0.1, -0.05) is 18.0 Å². The van der Waals surface area contributed by atoms with Gasteiger partial charge in [0.1, 0.15) is 5.82 Å². The molecular formula is C14H24N2OSi2. The van der Waals surface area contributed by atoms with Crippen molar-refractivity contribution in [2.24, 2.45) is 0 Å². The average Bonchev–Trinajstić information content (AvgIpc) is 2.70. The van der Waals surface area contributed by atoms with Crippen molar-refractivity contribution in [1.29, 1.82) is 0 Å². The maximum absolute atomic E-state index is 6.38. The third-order valence-corrected chi connectivity index (χ3v) is 9.56. The van der Waals surface area contributed by atoms with Crippen LogP contribution in [0.3, 0.4) is 0 Å². The molecule has 1 atom stereocenters. The van der Waals surface area contributed by atoms with E-state index in [1.54, 1.807) is 6.20 Å². The molecular weight excluding hydrogens is 268 g/mol. The molecule has 19 heavy (non-hydrogen) atoms. The van der Waals surface area contributed by atoms with Crippen molar-refractivity contribution < 1.29 is 4.12 Å². The van der Waals surface area contributed by atoms with E-state index in [0.717, 1.165) is 5.82 Å². The third kappa shape index (κ3) is 3.83. The van der Waals surface area contributed by atoms with Gasteiger partial charge in [0.15, 0.2) is 8.32 Å². The van der Waals surface area contributed by atoms with Gasteiger partial charge in [0.2, 0.25) is 8.32 Å². The molecule has 1 heterocycles. The van der Waals surface area contributed by atoms with E-state index in [1.807, 2.05) is 35.7 Å². The largest absolute Gasteiger partial charge is 0.446 e. The van der Waals surface area contributed by atoms with Gasteiger partial charge in [-0.3, -0.25) is 0 Å². The number of rotatable bonds is 6. The first-order valence-corrected chi connectivity index (χ1v) is 11.8. The zero-order valence-corrected chi connectivity index (χ0v) is 14.4. The normalized spacial score (nSPS) is 20.5. The zero-order chi connectivity index (χ0) is 14.7. The monoisotopic (exact) mass is 292 g/mol. The standard InChI is InChI=1S/C14H24N2OSi2/c1-8-16-12-11-15(4)14(16)13-19(7,10-3)17-18(5,6)9-2/h8-13H,1-3H2,4-7H3. The first kappa shape index (κ1) is 15.8. The summed E-state index contributed by atoms with van der Waals surface area (Å²) in [6.07, 6.45) is 5.77. The summed E-state index contributed by atoms with van der Waals surface area (Å²) in [5.41, 5.74) is 6.12. The lowest BCUT2D eigenvalue weighted by Crippen LogP contribution is -2.44. The minimum Gasteiger partial charge on any atom is -0.446 e. The Bertz CT molecular complexity index is 443. The molecule has 0 radical (unpaired) electrons. The van der Waals surface area contributed by atoms with Crippen LogP contribution in [0.15, 0.2) is 61.3 Å². The lowest BCUT2D eigenvalue weighted by Gasteiger charge is -2.32. The molecule has 0 aromatic rings. The molecule has 1 rings (SSSR count). The van der Waals surface area contributed by atoms with Gasteiger partial charge in [0.05, 0.1) is 0 Å². The van der Waals surface area contributed by atoms with Crippen LogP contribution in [0.25, 0.3) is 0 Å². The van der Waals surface area contributed by atoms with Gasteiger partial charge < -0.3 is 13.9 Å². The second kappa shape index (κ2) is 5.77. The van der Waals surface area contributed by atoms with E-state index in [9.17, 15) is 0 Å². The molecule has 104 valence electrons. The van der Waals surface area contributed by atoms with Crippen molar-refractivity contribution in [3.63, 3.8) is 0 Å². The van der Waals surface area contributed by atoms with Crippen molar-refractivity contribution in [3.8, 4) is 0 Å². The smallest absolute Gasteiger partial charge is 0.230 e. The number of nitrogens with zero attached hydrogens (tertiary/aromatic N) is 2. The van der Waals surface area contributed by atoms with Crippen molar-refractivity contribution >= 4 is 16.6 Å². The van der Waals surface area contributed by atoms with E-state index in [1.165, 1.54) is 0 Å². The first-order chi connectivity index (χ1) is 8.77. The van der Waals surface area contributed by atoms with Crippen molar-refractivity contribution in [1.82, 2.24) is 9.80 Å². The minimum atomic E-state index is -2.12. The molecule has 1 aliphatic heterocycles. The van der Waals surface area contributed by atoms with E-state index in [2.05, 4.69) is 50.0 Å². The predicted octanol–water partition coefficient (Wildman–Crippen LogP) is 3.48. The highest BCUT2D eigenvalue weighted by Crippen LogP contribution is 2.24. The number of hydrogen-bond acceptors (Lipinski definition) is 3. The molecule has 0 saturated heterocycles. The molecule has 0 spiro atoms. The summed E-state index contributed by atoms with van der Waals surface area (Å²) in [6.45, 7) is 18.1. The summed E-state index contributed by atoms with van der Waals surface area (Å²) in [4.78, 5) is 4.04. The molecule has 0 saturated carbocycles. The van der Waals surface area contributed by atoms with Crippen LogP contribution in [0.2, 0.25) is 19.6 Å². The molecule has 0 bridgehead atoms. The van der Waals surface area contributed by atoms with E-state index in [-0.39, 0.29) is 0 Å². The van der Waals surface area contributed by atoms with Crippen LogP contribution in [0.4, 0.5) is 0 Å². The van der Waals surface area contributed by atoms with Crippen LogP contribution < -0.4 is 0 Å². The van der Waals surface area contributed by atoms with Crippen molar-refractivity contribution in [2.45, 2.75) is 19.6 Å². The van der Waals surface area contributed by atoms with Crippen molar-refractivity contribution in [2.75, 3.05) is 7.05 Å². The zero-order valence-electron chi connectivity index (χ0n) is 12.4. The average molecular weight is 293 g/mol. The van der Waals surface area contributed by atoms with Crippen LogP contribution in [0.5, 0.6) is 0 Å². The molecule has 1 unspecified atom stereocenters. The van der Waals surface area contributed by atoms with Gasteiger partial charge in [-0.15, -0.1) is 13.2 Å². The summed E-state index contributed by atoms with van der Waals surface area (Å²) >= 11 is 0. The van der Waals surface area contributed by atoms with Gasteiger partial charge in [-0.2, -0.15) is 0 Å². The molecule has 3 nitrogen and oxygen atoms in total. The maximum atomic E-state index is 6.38. The summed E-state index contributed by atoms with van der Waals surface area (Å²) in [5, 5.41) is 0. The first-order valence-electron chi connectivity index (χ1n) is 6.29. The lowest BCUT2D eigenvalue weighted by molar-refractivity contribution is 0.472. The van der Waals surface area contributed by atoms with Crippen molar-refractivity contribution in [3.05, 3.63) is 61.3 Å². The fourth-order valence-electron chi connectivity index (χ4n) is 1.83. The summed E-state index contributed by atoms with van der Waals surface area (Å²) in [7, 11) is -1.94. The number of hydrogen-bond donors (Lipinski definition) is 0. The molecule has 5 heteroatoms. The fraction of sp³-hybridized carbons (Fsp3) is 0.286. The second-order valence-corrected chi connectivity index (χ2v) is 12.8. The molecule has 0 aliphatic carbocycles. The van der Waals surface area contributed by atoms with Crippen LogP contribution in [-0.2, 0) is 4.12 Å². The Morgan fingerprint density at radius 3 is 2.21 bits per heavy atom. The summed E-state index contributed by atoms with van der Waals surface area (Å²) in [5.74, 6) is 1.07. The highest BCUT2D eigenvalue weighted by atomic mass is 28.4. The van der Waals surface area contributed by atoms with Gasteiger partial charge >= 0.3 is 0 Å². The molecule has 0 N–H and O–H groups in total. The molecule has 0 amide bonds. The van der Waals surface area contributed by atoms with E-state index >= 15 is 0 Å². The fourth-order valence-corrected chi connectivity index (χ4v) is 8.25. The highest BCUT2D eigenvalue weighted by molar-refractivity contribution is 6.92. The molecule has 0 aromatic heterocycles. The lowest BCUT2D eigenvalue weighted by atomic mass is 10.6. The molecule has 1 aliphatic rings. The van der Waals surface area contributed by atoms with Gasteiger partial charge in [0, 0.05) is 25.6 Å². The Labute approximate surface area is 119 Å². The van der Waals surface area contributed by atoms with Gasteiger partial charge in [-0.25, -0.2) is 0 Å². The molecule has 0 fully saturated rings. The van der Waals surface area contributed by atoms with Crippen LogP contribution in [-0.4, -0.2) is 33.5 Å². The van der Waals surface area contributed by atoms with Gasteiger partial charge in [0.25, 0.3) is 0 Å². The third-order valence-electron chi connectivity index (χ3n) is 3.07. The van der Waals surface area contributed by atoms with E-state index in [0.29, 0.717) is 0 Å². The topological polar surface area (TPSA) is 15.7 Å². The van der Waals surface area contributed by atoms with E-state index < -0.39 is 16.6 Å². The Kier molecular flexibility index (Phi) is 4.78. The Balaban J connectivity index is 3.06. The quantitative estimate of drug-likeness (QED) is 0.697. The highest BCUT2D eigenvalue weighted by Gasteiger charge is 2.33. The Morgan fingerprint density at radius 2 is 1.74 bits per heavy atom. The molecule has 0 aromatic carbocycles. The Morgan fingerprint density at radius 1 is 1.11 bits per heavy atom. The maximum Gasteiger partial charge on any atom is 0.230 e. The summed E-state index contributed by atoms with van der Waals surface area (Å²) in [6, 6.07) is 0. The summed E-state index contributed by atoms with van der Waals surface area (Å²) < 4.78 is 6.38. The predicted molar refractivity (Wildman–Crippen MR) is 87.6 cm³/mol. The van der Waals surface area contributed by atoms with E-state index in [4.69, 9.17) is 4.12 Å². The van der Waals surface area contributed by atoms with Crippen LogP contribution in [0.1, 0.15) is 0 Å². The van der Waals surface area contributed by atoms with Crippen LogP contribution in [0, 0.1) is 0 Å². The SMILES string of the molecule is C=CN1C=CN(C)C1=C[Si](C)(C=C)O[Si](C)(C)C=C. The van der Waals surface area contributed by atoms with Gasteiger partial charge in [-0.05, 0) is 25.3 Å². The van der Waals surface area contributed by atoms with Crippen LogP contribution >= 0.6 is 0 Å². The minimum absolute atomic E-state index is 1.07. The second-order valence-electron chi connectivity index (χ2n) is 5.30. The Hall–Kier alpha value is -1.31.